The molecule has 0 unspecified atom stereocenters. The van der Waals surface area contributed by atoms with Crippen molar-refractivity contribution >= 4 is 11.3 Å². The summed E-state index contributed by atoms with van der Waals surface area (Å²) in [6.45, 7) is 1.13. The number of nitrogens with one attached hydrogen (secondary N) is 1. The van der Waals surface area contributed by atoms with E-state index in [1.54, 1.807) is 16.8 Å². The Morgan fingerprint density at radius 2 is 2.70 bits per heavy atom. The van der Waals surface area contributed by atoms with Crippen LogP contribution in [0.3, 0.4) is 0 Å². The summed E-state index contributed by atoms with van der Waals surface area (Å²) in [5.41, 5.74) is 1.79. The van der Waals surface area contributed by atoms with Gasteiger partial charge in [0.15, 0.2) is 0 Å². The van der Waals surface area contributed by atoms with Gasteiger partial charge in [0, 0.05) is 0 Å². The SMILES string of the molecule is c1nnc([C@H]2CCCN2)s1. The lowest BCUT2D eigenvalue weighted by atomic mass is 10.2. The highest BCUT2D eigenvalue weighted by Crippen LogP contribution is 2.23. The fraction of sp³-hybridized carbons (Fsp3) is 0.667. The molecule has 1 atom stereocenters. The van der Waals surface area contributed by atoms with E-state index in [1.165, 1.54) is 12.8 Å². The van der Waals surface area contributed by atoms with E-state index < -0.39 is 0 Å². The van der Waals surface area contributed by atoms with Crippen LogP contribution in [0, 0.1) is 0 Å². The van der Waals surface area contributed by atoms with Gasteiger partial charge < -0.3 is 5.32 Å². The second kappa shape index (κ2) is 2.64. The minimum Gasteiger partial charge on any atom is -0.308 e. The topological polar surface area (TPSA) is 37.8 Å². The van der Waals surface area contributed by atoms with Gasteiger partial charge in [-0.25, -0.2) is 0 Å². The zero-order valence-corrected chi connectivity index (χ0v) is 6.40. The molecule has 10 heavy (non-hydrogen) atoms. The standard InChI is InChI=1S/C6H9N3S/c1-2-5(7-3-1)6-9-8-4-10-6/h4-5,7H,1-3H2/t5-/m1/s1. The molecule has 3 nitrogen and oxygen atoms in total. The number of nitrogens with zero attached hydrogens (tertiary/aromatic N) is 2. The van der Waals surface area contributed by atoms with Gasteiger partial charge in [-0.05, 0) is 19.4 Å². The van der Waals surface area contributed by atoms with E-state index in [0.29, 0.717) is 6.04 Å². The van der Waals surface area contributed by atoms with E-state index in [4.69, 9.17) is 0 Å². The maximum atomic E-state index is 4.00. The van der Waals surface area contributed by atoms with Gasteiger partial charge in [-0.15, -0.1) is 21.5 Å². The fourth-order valence-electron chi connectivity index (χ4n) is 1.23. The highest BCUT2D eigenvalue weighted by Gasteiger charge is 2.18. The van der Waals surface area contributed by atoms with Crippen molar-refractivity contribution in [1.82, 2.24) is 15.5 Å². The van der Waals surface area contributed by atoms with E-state index in [9.17, 15) is 0 Å². The fourth-order valence-corrected chi connectivity index (χ4v) is 1.89. The Kier molecular flexibility index (Phi) is 1.65. The van der Waals surface area contributed by atoms with Gasteiger partial charge in [-0.3, -0.25) is 0 Å². The molecule has 0 spiro atoms. The van der Waals surface area contributed by atoms with Gasteiger partial charge in [-0.2, -0.15) is 0 Å². The molecule has 1 N–H and O–H groups in total. The molecule has 1 aromatic rings. The van der Waals surface area contributed by atoms with Crippen LogP contribution in [0.1, 0.15) is 23.9 Å². The number of aromatic nitrogens is 2. The highest BCUT2D eigenvalue weighted by atomic mass is 32.1. The molecule has 0 bridgehead atoms. The molecule has 0 saturated carbocycles. The van der Waals surface area contributed by atoms with Crippen LogP contribution in [0.5, 0.6) is 0 Å². The second-order valence-corrected chi connectivity index (χ2v) is 3.29. The third-order valence-electron chi connectivity index (χ3n) is 1.74. The molecule has 54 valence electrons. The Morgan fingerprint density at radius 3 is 3.30 bits per heavy atom. The molecule has 0 amide bonds. The smallest absolute Gasteiger partial charge is 0.134 e. The molecule has 0 aromatic carbocycles. The van der Waals surface area contributed by atoms with Gasteiger partial charge in [0.2, 0.25) is 0 Å². The summed E-state index contributed by atoms with van der Waals surface area (Å²) in [5.74, 6) is 0. The monoisotopic (exact) mass is 155 g/mol. The Morgan fingerprint density at radius 1 is 1.70 bits per heavy atom. The molecule has 2 heterocycles. The normalized spacial score (nSPS) is 25.4. The van der Waals surface area contributed by atoms with Crippen LogP contribution in [-0.2, 0) is 0 Å². The first-order valence-corrected chi connectivity index (χ1v) is 4.34. The van der Waals surface area contributed by atoms with Crippen LogP contribution in [0.25, 0.3) is 0 Å². The van der Waals surface area contributed by atoms with Gasteiger partial charge in [0.1, 0.15) is 10.5 Å². The summed E-state index contributed by atoms with van der Waals surface area (Å²) in [6, 6.07) is 0.493. The first-order valence-electron chi connectivity index (χ1n) is 3.46. The van der Waals surface area contributed by atoms with E-state index in [1.807, 2.05) is 0 Å². The largest absolute Gasteiger partial charge is 0.308 e. The average molecular weight is 155 g/mol. The lowest BCUT2D eigenvalue weighted by molar-refractivity contribution is 0.635. The molecule has 1 saturated heterocycles. The predicted octanol–water partition coefficient (Wildman–Crippen LogP) is 0.963. The van der Waals surface area contributed by atoms with Crippen molar-refractivity contribution in [2.45, 2.75) is 18.9 Å². The number of hydrogen-bond donors (Lipinski definition) is 1. The Balaban J connectivity index is 2.12. The summed E-state index contributed by atoms with van der Waals surface area (Å²) in [7, 11) is 0. The van der Waals surface area contributed by atoms with Crippen LogP contribution in [0.4, 0.5) is 0 Å². The number of hydrogen-bond acceptors (Lipinski definition) is 4. The maximum Gasteiger partial charge on any atom is 0.134 e. The van der Waals surface area contributed by atoms with Crippen molar-refractivity contribution in [3.8, 4) is 0 Å². The predicted molar refractivity (Wildman–Crippen MR) is 39.9 cm³/mol. The number of rotatable bonds is 1. The van der Waals surface area contributed by atoms with E-state index in [2.05, 4.69) is 15.5 Å². The minimum atomic E-state index is 0.493. The first-order chi connectivity index (χ1) is 4.97. The lowest BCUT2D eigenvalue weighted by Crippen LogP contribution is -2.12. The minimum absolute atomic E-state index is 0.493. The summed E-state index contributed by atoms with van der Waals surface area (Å²) >= 11 is 1.64. The maximum absolute atomic E-state index is 4.00. The third-order valence-corrected chi connectivity index (χ3v) is 2.54. The second-order valence-electron chi connectivity index (χ2n) is 2.43. The molecule has 0 radical (unpaired) electrons. The van der Waals surface area contributed by atoms with Crippen LogP contribution in [-0.4, -0.2) is 16.7 Å². The quantitative estimate of drug-likeness (QED) is 0.656. The summed E-state index contributed by atoms with van der Waals surface area (Å²) in [6.07, 6.45) is 2.49. The van der Waals surface area contributed by atoms with Crippen molar-refractivity contribution < 1.29 is 0 Å². The van der Waals surface area contributed by atoms with Crippen molar-refractivity contribution in [2.24, 2.45) is 0 Å². The van der Waals surface area contributed by atoms with Crippen LogP contribution in [0.15, 0.2) is 5.51 Å². The summed E-state index contributed by atoms with van der Waals surface area (Å²) in [5, 5.41) is 12.3. The molecule has 2 rings (SSSR count). The molecule has 1 aromatic heterocycles. The molecule has 1 fully saturated rings. The average Bonchev–Trinajstić information content (AvgIpc) is 2.59. The highest BCUT2D eigenvalue weighted by molar-refractivity contribution is 7.09. The van der Waals surface area contributed by atoms with Crippen LogP contribution >= 0.6 is 11.3 Å². The molecular formula is C6H9N3S. The lowest BCUT2D eigenvalue weighted by Gasteiger charge is -2.02. The van der Waals surface area contributed by atoms with E-state index in [-0.39, 0.29) is 0 Å². The molecule has 4 heteroatoms. The van der Waals surface area contributed by atoms with Gasteiger partial charge >= 0.3 is 0 Å². The van der Waals surface area contributed by atoms with Crippen molar-refractivity contribution in [3.05, 3.63) is 10.5 Å². The van der Waals surface area contributed by atoms with Gasteiger partial charge in [-0.1, -0.05) is 0 Å². The molecule has 1 aliphatic rings. The summed E-state index contributed by atoms with van der Waals surface area (Å²) in [4.78, 5) is 0. The Bertz CT molecular complexity index is 191. The first kappa shape index (κ1) is 6.24. The van der Waals surface area contributed by atoms with Gasteiger partial charge in [0.05, 0.1) is 6.04 Å². The van der Waals surface area contributed by atoms with Crippen molar-refractivity contribution in [1.29, 1.82) is 0 Å². The van der Waals surface area contributed by atoms with Crippen LogP contribution < -0.4 is 5.32 Å². The Labute approximate surface area is 63.5 Å². The van der Waals surface area contributed by atoms with Crippen molar-refractivity contribution in [2.75, 3.05) is 6.54 Å². The zero-order valence-electron chi connectivity index (χ0n) is 5.58. The van der Waals surface area contributed by atoms with Crippen LogP contribution in [0.2, 0.25) is 0 Å². The molecule has 1 aliphatic heterocycles. The van der Waals surface area contributed by atoms with E-state index in [0.717, 1.165) is 11.6 Å². The third kappa shape index (κ3) is 1.04. The summed E-state index contributed by atoms with van der Waals surface area (Å²) < 4.78 is 0. The van der Waals surface area contributed by atoms with Crippen molar-refractivity contribution in [3.63, 3.8) is 0 Å². The molecular weight excluding hydrogens is 146 g/mol. The zero-order chi connectivity index (χ0) is 6.81. The van der Waals surface area contributed by atoms with Gasteiger partial charge in [0.25, 0.3) is 0 Å². The Hall–Kier alpha value is -0.480. The van der Waals surface area contributed by atoms with E-state index >= 15 is 0 Å². The molecule has 0 aliphatic carbocycles.